The number of hydrogen-bond donors (Lipinski definition) is 1. The Hall–Kier alpha value is -1.13. The molecule has 1 aromatic rings. The van der Waals surface area contributed by atoms with Gasteiger partial charge in [-0.3, -0.25) is 9.69 Å². The zero-order valence-electron chi connectivity index (χ0n) is 10.5. The third-order valence-electron chi connectivity index (χ3n) is 2.76. The molecule has 1 atom stereocenters. The van der Waals surface area contributed by atoms with Crippen LogP contribution in [0.4, 0.5) is 0 Å². The average Bonchev–Trinajstić information content (AvgIpc) is 2.29. The zero-order valence-corrected chi connectivity index (χ0v) is 12.1. The van der Waals surface area contributed by atoms with Crippen molar-refractivity contribution in [2.45, 2.75) is 19.4 Å². The molecular formula is C14H18BrNO2. The predicted molar refractivity (Wildman–Crippen MR) is 76.6 cm³/mol. The number of carboxylic acid groups (broad SMARTS) is 1. The molecule has 1 N–H and O–H groups in total. The minimum Gasteiger partial charge on any atom is -0.480 e. The summed E-state index contributed by atoms with van der Waals surface area (Å²) in [6.45, 7) is 6.34. The van der Waals surface area contributed by atoms with Gasteiger partial charge in [-0.05, 0) is 24.1 Å². The first-order valence-electron chi connectivity index (χ1n) is 5.90. The van der Waals surface area contributed by atoms with Gasteiger partial charge in [-0.15, -0.1) is 6.58 Å². The molecule has 0 saturated heterocycles. The van der Waals surface area contributed by atoms with E-state index in [-0.39, 0.29) is 12.6 Å². The maximum absolute atomic E-state index is 10.9. The van der Waals surface area contributed by atoms with E-state index in [0.717, 1.165) is 16.5 Å². The molecule has 0 aromatic heterocycles. The summed E-state index contributed by atoms with van der Waals surface area (Å²) in [6, 6.07) is 8.08. The number of benzene rings is 1. The summed E-state index contributed by atoms with van der Waals surface area (Å²) in [6.07, 6.45) is 2.60. The minimum atomic E-state index is -0.815. The Balaban J connectivity index is 2.96. The van der Waals surface area contributed by atoms with Crippen molar-refractivity contribution in [3.8, 4) is 0 Å². The molecule has 0 amide bonds. The van der Waals surface area contributed by atoms with E-state index in [2.05, 4.69) is 29.4 Å². The Morgan fingerprint density at radius 2 is 2.33 bits per heavy atom. The van der Waals surface area contributed by atoms with Crippen molar-refractivity contribution >= 4 is 21.9 Å². The first kappa shape index (κ1) is 14.9. The summed E-state index contributed by atoms with van der Waals surface area (Å²) in [5, 5.41) is 8.97. The maximum atomic E-state index is 10.9. The number of hydrogen-bond acceptors (Lipinski definition) is 2. The molecule has 98 valence electrons. The van der Waals surface area contributed by atoms with Crippen LogP contribution in [0.25, 0.3) is 0 Å². The van der Waals surface area contributed by atoms with Crippen LogP contribution in [0.2, 0.25) is 0 Å². The number of carbonyl (C=O) groups is 1. The van der Waals surface area contributed by atoms with Gasteiger partial charge in [0.05, 0.1) is 6.54 Å². The van der Waals surface area contributed by atoms with E-state index >= 15 is 0 Å². The highest BCUT2D eigenvalue weighted by Crippen LogP contribution is 2.26. The fourth-order valence-corrected chi connectivity index (χ4v) is 2.48. The van der Waals surface area contributed by atoms with Crippen LogP contribution >= 0.6 is 15.9 Å². The molecule has 4 heteroatoms. The van der Waals surface area contributed by atoms with E-state index < -0.39 is 5.97 Å². The van der Waals surface area contributed by atoms with E-state index in [4.69, 9.17) is 5.11 Å². The average molecular weight is 312 g/mol. The molecule has 0 bridgehead atoms. The fourth-order valence-electron chi connectivity index (χ4n) is 2.06. The SMILES string of the molecule is C=CCN(CC(=O)O)C(CC)c1cccc(Br)c1. The molecule has 18 heavy (non-hydrogen) atoms. The van der Waals surface area contributed by atoms with Gasteiger partial charge in [0.2, 0.25) is 0 Å². The van der Waals surface area contributed by atoms with Crippen molar-refractivity contribution in [2.24, 2.45) is 0 Å². The second-order valence-electron chi connectivity index (χ2n) is 4.09. The number of nitrogens with zero attached hydrogens (tertiary/aromatic N) is 1. The molecule has 0 heterocycles. The smallest absolute Gasteiger partial charge is 0.317 e. The van der Waals surface area contributed by atoms with E-state index in [1.54, 1.807) is 6.08 Å². The van der Waals surface area contributed by atoms with Crippen LogP contribution in [-0.2, 0) is 4.79 Å². The van der Waals surface area contributed by atoms with Crippen molar-refractivity contribution in [1.82, 2.24) is 4.90 Å². The van der Waals surface area contributed by atoms with Gasteiger partial charge in [-0.2, -0.15) is 0 Å². The quantitative estimate of drug-likeness (QED) is 0.784. The van der Waals surface area contributed by atoms with E-state index in [0.29, 0.717) is 6.54 Å². The molecule has 0 fully saturated rings. The van der Waals surface area contributed by atoms with E-state index in [1.165, 1.54) is 0 Å². The third-order valence-corrected chi connectivity index (χ3v) is 3.26. The monoisotopic (exact) mass is 311 g/mol. The van der Waals surface area contributed by atoms with Gasteiger partial charge in [0.1, 0.15) is 0 Å². The summed E-state index contributed by atoms with van der Waals surface area (Å²) >= 11 is 3.44. The van der Waals surface area contributed by atoms with Gasteiger partial charge < -0.3 is 5.11 Å². The van der Waals surface area contributed by atoms with Crippen molar-refractivity contribution in [3.63, 3.8) is 0 Å². The fraction of sp³-hybridized carbons (Fsp3) is 0.357. The van der Waals surface area contributed by atoms with Gasteiger partial charge >= 0.3 is 5.97 Å². The summed E-state index contributed by atoms with van der Waals surface area (Å²) < 4.78 is 1.01. The Bertz CT molecular complexity index is 420. The first-order chi connectivity index (χ1) is 8.58. The molecule has 0 aliphatic heterocycles. The van der Waals surface area contributed by atoms with Crippen LogP contribution in [0.5, 0.6) is 0 Å². The van der Waals surface area contributed by atoms with Gasteiger partial charge in [0.15, 0.2) is 0 Å². The Morgan fingerprint density at radius 3 is 2.83 bits per heavy atom. The lowest BCUT2D eigenvalue weighted by molar-refractivity contribution is -0.138. The van der Waals surface area contributed by atoms with Crippen molar-refractivity contribution < 1.29 is 9.90 Å². The number of aliphatic carboxylic acids is 1. The van der Waals surface area contributed by atoms with Crippen LogP contribution in [0.1, 0.15) is 24.9 Å². The first-order valence-corrected chi connectivity index (χ1v) is 6.70. The molecular weight excluding hydrogens is 294 g/mol. The second kappa shape index (κ2) is 7.34. The number of carboxylic acids is 1. The standard InChI is InChI=1S/C14H18BrNO2/c1-3-8-16(10-14(17)18)13(4-2)11-6-5-7-12(15)9-11/h3,5-7,9,13H,1,4,8,10H2,2H3,(H,17,18). The molecule has 1 aromatic carbocycles. The summed E-state index contributed by atoms with van der Waals surface area (Å²) in [5.41, 5.74) is 1.12. The lowest BCUT2D eigenvalue weighted by Crippen LogP contribution is -2.33. The van der Waals surface area contributed by atoms with Crippen LogP contribution in [0.15, 0.2) is 41.4 Å². The lowest BCUT2D eigenvalue weighted by atomic mass is 10.0. The molecule has 1 rings (SSSR count). The van der Waals surface area contributed by atoms with Gasteiger partial charge in [0, 0.05) is 17.1 Å². The van der Waals surface area contributed by atoms with Gasteiger partial charge in [-0.1, -0.05) is 41.1 Å². The molecule has 0 saturated carbocycles. The maximum Gasteiger partial charge on any atom is 0.317 e. The second-order valence-corrected chi connectivity index (χ2v) is 5.01. The summed E-state index contributed by atoms with van der Waals surface area (Å²) in [7, 11) is 0. The third kappa shape index (κ3) is 4.27. The van der Waals surface area contributed by atoms with Crippen molar-refractivity contribution in [2.75, 3.05) is 13.1 Å². The molecule has 0 aliphatic rings. The highest BCUT2D eigenvalue weighted by atomic mass is 79.9. The van der Waals surface area contributed by atoms with Crippen LogP contribution in [-0.4, -0.2) is 29.1 Å². The molecule has 1 unspecified atom stereocenters. The molecule has 0 aliphatic carbocycles. The highest BCUT2D eigenvalue weighted by Gasteiger charge is 2.20. The Kier molecular flexibility index (Phi) is 6.09. The molecule has 0 radical (unpaired) electrons. The van der Waals surface area contributed by atoms with Crippen molar-refractivity contribution in [3.05, 3.63) is 47.0 Å². The van der Waals surface area contributed by atoms with Gasteiger partial charge in [0.25, 0.3) is 0 Å². The summed E-state index contributed by atoms with van der Waals surface area (Å²) in [4.78, 5) is 12.8. The Labute approximate surface area is 116 Å². The number of halogens is 1. The Morgan fingerprint density at radius 1 is 1.61 bits per heavy atom. The molecule has 0 spiro atoms. The summed E-state index contributed by atoms with van der Waals surface area (Å²) in [5.74, 6) is -0.815. The van der Waals surface area contributed by atoms with E-state index in [1.807, 2.05) is 29.2 Å². The van der Waals surface area contributed by atoms with Crippen LogP contribution in [0, 0.1) is 0 Å². The van der Waals surface area contributed by atoms with Gasteiger partial charge in [-0.25, -0.2) is 0 Å². The topological polar surface area (TPSA) is 40.5 Å². The number of rotatable bonds is 7. The predicted octanol–water partition coefficient (Wildman–Crippen LogP) is 3.47. The highest BCUT2D eigenvalue weighted by molar-refractivity contribution is 9.10. The zero-order chi connectivity index (χ0) is 13.5. The van der Waals surface area contributed by atoms with Crippen LogP contribution in [0.3, 0.4) is 0 Å². The largest absolute Gasteiger partial charge is 0.480 e. The molecule has 3 nitrogen and oxygen atoms in total. The normalized spacial score (nSPS) is 12.4. The van der Waals surface area contributed by atoms with Crippen LogP contribution < -0.4 is 0 Å². The van der Waals surface area contributed by atoms with Crippen molar-refractivity contribution in [1.29, 1.82) is 0 Å². The minimum absolute atomic E-state index is 0.0248. The lowest BCUT2D eigenvalue weighted by Gasteiger charge is -2.29. The van der Waals surface area contributed by atoms with E-state index in [9.17, 15) is 4.79 Å².